The van der Waals surface area contributed by atoms with Crippen molar-refractivity contribution in [3.8, 4) is 0 Å². The first-order chi connectivity index (χ1) is 10.3. The van der Waals surface area contributed by atoms with Crippen LogP contribution in [0, 0.1) is 0 Å². The van der Waals surface area contributed by atoms with E-state index in [4.69, 9.17) is 0 Å². The van der Waals surface area contributed by atoms with Crippen LogP contribution in [0.4, 0.5) is 0 Å². The number of thiophene rings is 1. The molecular formula is C18H22N2S. The molecule has 0 spiro atoms. The van der Waals surface area contributed by atoms with Crippen molar-refractivity contribution in [3.63, 3.8) is 0 Å². The van der Waals surface area contributed by atoms with Gasteiger partial charge in [0.1, 0.15) is 0 Å². The minimum atomic E-state index is 0.468. The number of hydrogen-bond donors (Lipinski definition) is 1. The zero-order valence-corrected chi connectivity index (χ0v) is 13.5. The Morgan fingerprint density at radius 3 is 2.86 bits per heavy atom. The zero-order valence-electron chi connectivity index (χ0n) is 12.7. The summed E-state index contributed by atoms with van der Waals surface area (Å²) in [7, 11) is 0. The largest absolute Gasteiger partial charge is 0.350 e. The summed E-state index contributed by atoms with van der Waals surface area (Å²) in [6.07, 6.45) is 5.60. The van der Waals surface area contributed by atoms with Gasteiger partial charge in [-0.25, -0.2) is 0 Å². The van der Waals surface area contributed by atoms with Crippen LogP contribution in [-0.4, -0.2) is 11.1 Å². The minimum absolute atomic E-state index is 0.468. The number of benzene rings is 1. The van der Waals surface area contributed by atoms with Gasteiger partial charge in [-0.2, -0.15) is 0 Å². The molecular weight excluding hydrogens is 276 g/mol. The van der Waals surface area contributed by atoms with E-state index >= 15 is 0 Å². The van der Waals surface area contributed by atoms with E-state index in [1.54, 1.807) is 0 Å². The summed E-state index contributed by atoms with van der Waals surface area (Å²) in [5.41, 5.74) is 2.80. The van der Waals surface area contributed by atoms with Gasteiger partial charge in [-0.3, -0.25) is 0 Å². The third-order valence-corrected chi connectivity index (χ3v) is 4.96. The third-order valence-electron chi connectivity index (χ3n) is 3.95. The van der Waals surface area contributed by atoms with Gasteiger partial charge in [-0.15, -0.1) is 11.3 Å². The van der Waals surface area contributed by atoms with Crippen LogP contribution in [0.15, 0.2) is 48.1 Å². The summed E-state index contributed by atoms with van der Waals surface area (Å²) in [6.45, 7) is 6.36. The van der Waals surface area contributed by atoms with Crippen molar-refractivity contribution in [3.05, 3.63) is 59.2 Å². The average Bonchev–Trinajstić information content (AvgIpc) is 3.13. The summed E-state index contributed by atoms with van der Waals surface area (Å²) >= 11 is 1.83. The Kier molecular flexibility index (Phi) is 4.42. The number of rotatable bonds is 6. The van der Waals surface area contributed by atoms with Crippen molar-refractivity contribution >= 4 is 21.4 Å². The molecule has 0 amide bonds. The first-order valence-corrected chi connectivity index (χ1v) is 8.54. The van der Waals surface area contributed by atoms with Gasteiger partial charge >= 0.3 is 0 Å². The van der Waals surface area contributed by atoms with Crippen LogP contribution in [0.3, 0.4) is 0 Å². The number of fused-ring (bicyclic) bond motifs is 1. The Balaban J connectivity index is 1.81. The Morgan fingerprint density at radius 2 is 2.05 bits per heavy atom. The molecule has 2 aromatic heterocycles. The van der Waals surface area contributed by atoms with Gasteiger partial charge < -0.3 is 9.88 Å². The Labute approximate surface area is 130 Å². The fraction of sp³-hybridized carbons (Fsp3) is 0.333. The predicted octanol–water partition coefficient (Wildman–Crippen LogP) is 4.81. The second-order valence-corrected chi connectivity index (χ2v) is 6.30. The zero-order chi connectivity index (χ0) is 14.7. The standard InChI is InChI=1S/C18H22N2S/c1-3-17(19-4-2)14-9-10-20(11-14)12-15-13-21-18-8-6-5-7-16(15)18/h5-11,13,17,19H,3-4,12H2,1-2H3. The van der Waals surface area contributed by atoms with E-state index in [2.05, 4.69) is 71.8 Å². The number of nitrogens with zero attached hydrogens (tertiary/aromatic N) is 1. The maximum atomic E-state index is 3.54. The number of nitrogens with one attached hydrogen (secondary N) is 1. The van der Waals surface area contributed by atoms with Crippen LogP contribution >= 0.6 is 11.3 Å². The van der Waals surface area contributed by atoms with Crippen LogP contribution < -0.4 is 5.32 Å². The van der Waals surface area contributed by atoms with Crippen molar-refractivity contribution in [2.24, 2.45) is 0 Å². The van der Waals surface area contributed by atoms with Gasteiger partial charge in [-0.1, -0.05) is 32.0 Å². The van der Waals surface area contributed by atoms with Crippen LogP contribution in [0.1, 0.15) is 37.4 Å². The highest BCUT2D eigenvalue weighted by Gasteiger charge is 2.10. The van der Waals surface area contributed by atoms with Crippen molar-refractivity contribution in [1.29, 1.82) is 0 Å². The Morgan fingerprint density at radius 1 is 1.19 bits per heavy atom. The highest BCUT2D eigenvalue weighted by molar-refractivity contribution is 7.17. The molecule has 2 heterocycles. The molecule has 0 aliphatic rings. The van der Waals surface area contributed by atoms with Gasteiger partial charge in [0.05, 0.1) is 0 Å². The van der Waals surface area contributed by atoms with Crippen LogP contribution in [0.25, 0.3) is 10.1 Å². The van der Waals surface area contributed by atoms with Gasteiger partial charge in [0.15, 0.2) is 0 Å². The maximum absolute atomic E-state index is 3.54. The molecule has 0 saturated heterocycles. The third kappa shape index (κ3) is 3.04. The van der Waals surface area contributed by atoms with Crippen molar-refractivity contribution in [2.45, 2.75) is 32.9 Å². The van der Waals surface area contributed by atoms with Crippen LogP contribution in [0.2, 0.25) is 0 Å². The summed E-state index contributed by atoms with van der Waals surface area (Å²) in [5.74, 6) is 0. The summed E-state index contributed by atoms with van der Waals surface area (Å²) < 4.78 is 3.67. The molecule has 1 N–H and O–H groups in total. The summed E-state index contributed by atoms with van der Waals surface area (Å²) in [4.78, 5) is 0. The number of aromatic nitrogens is 1. The molecule has 1 unspecified atom stereocenters. The van der Waals surface area contributed by atoms with Gasteiger partial charge in [-0.05, 0) is 47.0 Å². The van der Waals surface area contributed by atoms with Crippen LogP contribution in [-0.2, 0) is 6.54 Å². The first-order valence-electron chi connectivity index (χ1n) is 7.66. The highest BCUT2D eigenvalue weighted by atomic mass is 32.1. The first kappa shape index (κ1) is 14.4. The van der Waals surface area contributed by atoms with Crippen molar-refractivity contribution < 1.29 is 0 Å². The van der Waals surface area contributed by atoms with E-state index in [1.807, 2.05) is 11.3 Å². The molecule has 1 atom stereocenters. The minimum Gasteiger partial charge on any atom is -0.350 e. The molecule has 110 valence electrons. The molecule has 0 bridgehead atoms. The molecule has 21 heavy (non-hydrogen) atoms. The Hall–Kier alpha value is -1.58. The molecule has 0 radical (unpaired) electrons. The second-order valence-electron chi connectivity index (χ2n) is 5.39. The normalized spacial score (nSPS) is 12.9. The SMILES string of the molecule is CCNC(CC)c1ccn(Cc2csc3ccccc23)c1. The lowest BCUT2D eigenvalue weighted by molar-refractivity contribution is 0.536. The summed E-state index contributed by atoms with van der Waals surface area (Å²) in [6, 6.07) is 11.4. The van der Waals surface area contributed by atoms with Gasteiger partial charge in [0.25, 0.3) is 0 Å². The molecule has 2 nitrogen and oxygen atoms in total. The fourth-order valence-corrected chi connectivity index (χ4v) is 3.81. The molecule has 0 aliphatic carbocycles. The van der Waals surface area contributed by atoms with E-state index in [1.165, 1.54) is 21.2 Å². The number of hydrogen-bond acceptors (Lipinski definition) is 2. The fourth-order valence-electron chi connectivity index (χ4n) is 2.86. The van der Waals surface area contributed by atoms with E-state index < -0.39 is 0 Å². The molecule has 0 aliphatic heterocycles. The maximum Gasteiger partial charge on any atom is 0.0484 e. The lowest BCUT2D eigenvalue weighted by Crippen LogP contribution is -2.19. The molecule has 3 aromatic rings. The molecule has 0 saturated carbocycles. The van der Waals surface area contributed by atoms with E-state index in [9.17, 15) is 0 Å². The van der Waals surface area contributed by atoms with Crippen molar-refractivity contribution in [2.75, 3.05) is 6.54 Å². The lowest BCUT2D eigenvalue weighted by atomic mass is 10.1. The van der Waals surface area contributed by atoms with Crippen LogP contribution in [0.5, 0.6) is 0 Å². The molecule has 0 fully saturated rings. The molecule has 3 heteroatoms. The smallest absolute Gasteiger partial charge is 0.0484 e. The molecule has 3 rings (SSSR count). The second kappa shape index (κ2) is 6.46. The Bertz CT molecular complexity index is 711. The lowest BCUT2D eigenvalue weighted by Gasteiger charge is -2.13. The molecule has 1 aromatic carbocycles. The van der Waals surface area contributed by atoms with Crippen molar-refractivity contribution in [1.82, 2.24) is 9.88 Å². The van der Waals surface area contributed by atoms with E-state index in [-0.39, 0.29) is 0 Å². The average molecular weight is 298 g/mol. The van der Waals surface area contributed by atoms with E-state index in [0.717, 1.165) is 19.5 Å². The quantitative estimate of drug-likeness (QED) is 0.691. The van der Waals surface area contributed by atoms with E-state index in [0.29, 0.717) is 6.04 Å². The van der Waals surface area contributed by atoms with Gasteiger partial charge in [0, 0.05) is 29.7 Å². The highest BCUT2D eigenvalue weighted by Crippen LogP contribution is 2.27. The predicted molar refractivity (Wildman–Crippen MR) is 92.1 cm³/mol. The van der Waals surface area contributed by atoms with Gasteiger partial charge in [0.2, 0.25) is 0 Å². The summed E-state index contributed by atoms with van der Waals surface area (Å²) in [5, 5.41) is 7.21. The topological polar surface area (TPSA) is 17.0 Å². The monoisotopic (exact) mass is 298 g/mol.